The third kappa shape index (κ3) is 6.01. The fourth-order valence-electron chi connectivity index (χ4n) is 2.77. The summed E-state index contributed by atoms with van der Waals surface area (Å²) >= 11 is 0. The van der Waals surface area contributed by atoms with Crippen LogP contribution in [-0.2, 0) is 20.8 Å². The van der Waals surface area contributed by atoms with Gasteiger partial charge in [0.2, 0.25) is 0 Å². The van der Waals surface area contributed by atoms with E-state index in [0.29, 0.717) is 11.3 Å². The van der Waals surface area contributed by atoms with Crippen LogP contribution in [0.5, 0.6) is 0 Å². The van der Waals surface area contributed by atoms with Crippen molar-refractivity contribution in [2.24, 2.45) is 0 Å². The normalized spacial score (nSPS) is 12.1. The van der Waals surface area contributed by atoms with Gasteiger partial charge in [-0.25, -0.2) is 9.59 Å². The smallest absolute Gasteiger partial charge is 0.411 e. The number of ether oxygens (including phenoxy) is 2. The number of nitrogens with two attached hydrogens (primary N) is 1. The zero-order valence-electron chi connectivity index (χ0n) is 16.8. The van der Waals surface area contributed by atoms with E-state index in [0.717, 1.165) is 5.56 Å². The highest BCUT2D eigenvalue weighted by Crippen LogP contribution is 2.27. The van der Waals surface area contributed by atoms with Crippen molar-refractivity contribution in [1.29, 1.82) is 0 Å². The highest BCUT2D eigenvalue weighted by molar-refractivity contribution is 5.83. The molecule has 6 heteroatoms. The molecule has 1 atom stereocenters. The molecule has 2 N–H and O–H groups in total. The second-order valence-corrected chi connectivity index (χ2v) is 7.42. The van der Waals surface area contributed by atoms with Crippen LogP contribution < -0.4 is 5.73 Å². The Morgan fingerprint density at radius 1 is 1.07 bits per heavy atom. The van der Waals surface area contributed by atoms with Gasteiger partial charge in [0, 0.05) is 5.69 Å². The van der Waals surface area contributed by atoms with E-state index in [1.807, 2.05) is 24.3 Å². The summed E-state index contributed by atoms with van der Waals surface area (Å²) in [6, 6.07) is 15.3. The van der Waals surface area contributed by atoms with E-state index < -0.39 is 23.7 Å². The molecule has 1 amide bonds. The molecule has 0 spiro atoms. The number of nitrogen functional groups attached to an aromatic ring is 1. The monoisotopic (exact) mass is 384 g/mol. The molecular formula is C22H28N2O4. The van der Waals surface area contributed by atoms with Gasteiger partial charge in [-0.15, -0.1) is 0 Å². The van der Waals surface area contributed by atoms with Crippen molar-refractivity contribution >= 4 is 17.7 Å². The molecule has 1 unspecified atom stereocenters. The lowest BCUT2D eigenvalue weighted by atomic mass is 10.0. The van der Waals surface area contributed by atoms with Gasteiger partial charge in [0.25, 0.3) is 0 Å². The molecule has 150 valence electrons. The van der Waals surface area contributed by atoms with Crippen LogP contribution in [0, 0.1) is 0 Å². The molecular weight excluding hydrogens is 356 g/mol. The average Bonchev–Trinajstić information content (AvgIpc) is 2.61. The van der Waals surface area contributed by atoms with E-state index in [4.69, 9.17) is 15.2 Å². The summed E-state index contributed by atoms with van der Waals surface area (Å²) in [5.41, 5.74) is 7.19. The maximum absolute atomic E-state index is 13.0. The van der Waals surface area contributed by atoms with E-state index in [2.05, 4.69) is 0 Å². The number of benzene rings is 2. The van der Waals surface area contributed by atoms with Gasteiger partial charge in [-0.05, 0) is 51.0 Å². The Morgan fingerprint density at radius 2 is 1.75 bits per heavy atom. The molecule has 28 heavy (non-hydrogen) atoms. The highest BCUT2D eigenvalue weighted by Gasteiger charge is 2.35. The van der Waals surface area contributed by atoms with E-state index in [-0.39, 0.29) is 13.2 Å². The lowest BCUT2D eigenvalue weighted by Gasteiger charge is -2.32. The number of carbonyl (C=O) groups excluding carboxylic acids is 2. The third-order valence-corrected chi connectivity index (χ3v) is 3.87. The molecule has 0 heterocycles. The number of amides is 1. The van der Waals surface area contributed by atoms with Crippen LogP contribution in [0.15, 0.2) is 54.6 Å². The lowest BCUT2D eigenvalue weighted by molar-refractivity contribution is -0.150. The summed E-state index contributed by atoms with van der Waals surface area (Å²) in [7, 11) is 0. The van der Waals surface area contributed by atoms with Gasteiger partial charge >= 0.3 is 12.1 Å². The van der Waals surface area contributed by atoms with Crippen LogP contribution in [0.25, 0.3) is 0 Å². The van der Waals surface area contributed by atoms with Crippen molar-refractivity contribution in [2.45, 2.75) is 45.9 Å². The molecule has 0 aliphatic rings. The lowest BCUT2D eigenvalue weighted by Crippen LogP contribution is -2.42. The predicted molar refractivity (Wildman–Crippen MR) is 108 cm³/mol. The van der Waals surface area contributed by atoms with Gasteiger partial charge < -0.3 is 15.2 Å². The SMILES string of the molecule is CCOC(=O)C(c1ccccc1)N(Cc1cccc(N)c1)C(=O)OC(C)(C)C. The Labute approximate surface area is 166 Å². The number of nitrogens with zero attached hydrogens (tertiary/aromatic N) is 1. The number of rotatable bonds is 6. The summed E-state index contributed by atoms with van der Waals surface area (Å²) in [4.78, 5) is 27.2. The van der Waals surface area contributed by atoms with E-state index >= 15 is 0 Å². The molecule has 2 aromatic rings. The van der Waals surface area contributed by atoms with Crippen molar-refractivity contribution in [3.63, 3.8) is 0 Å². The Bertz CT molecular complexity index is 800. The summed E-state index contributed by atoms with van der Waals surface area (Å²) in [5.74, 6) is -0.511. The quantitative estimate of drug-likeness (QED) is 0.593. The standard InChI is InChI=1S/C22H28N2O4/c1-5-27-20(25)19(17-11-7-6-8-12-17)24(21(26)28-22(2,3)4)15-16-10-9-13-18(23)14-16/h6-14,19H,5,15,23H2,1-4H3. The molecule has 0 saturated heterocycles. The molecule has 0 fully saturated rings. The minimum absolute atomic E-state index is 0.151. The Kier molecular flexibility index (Phi) is 7.04. The van der Waals surface area contributed by atoms with Crippen LogP contribution in [0.4, 0.5) is 10.5 Å². The first kappa shape index (κ1) is 21.3. The minimum atomic E-state index is -0.933. The summed E-state index contributed by atoms with van der Waals surface area (Å²) < 4.78 is 10.8. The molecule has 0 bridgehead atoms. The van der Waals surface area contributed by atoms with Gasteiger partial charge in [0.05, 0.1) is 13.2 Å². The van der Waals surface area contributed by atoms with Gasteiger partial charge in [0.1, 0.15) is 5.60 Å². The number of anilines is 1. The first-order chi connectivity index (χ1) is 13.2. The Balaban J connectivity index is 2.47. The second-order valence-electron chi connectivity index (χ2n) is 7.42. The molecule has 0 saturated carbocycles. The predicted octanol–water partition coefficient (Wildman–Crippen LogP) is 4.31. The second kappa shape index (κ2) is 9.26. The topological polar surface area (TPSA) is 81.9 Å². The zero-order chi connectivity index (χ0) is 20.7. The van der Waals surface area contributed by atoms with Crippen LogP contribution >= 0.6 is 0 Å². The number of esters is 1. The van der Waals surface area contributed by atoms with E-state index in [1.165, 1.54) is 4.90 Å². The van der Waals surface area contributed by atoms with Crippen molar-refractivity contribution in [1.82, 2.24) is 4.90 Å². The fraction of sp³-hybridized carbons (Fsp3) is 0.364. The third-order valence-electron chi connectivity index (χ3n) is 3.87. The summed E-state index contributed by atoms with van der Waals surface area (Å²) in [6.45, 7) is 7.44. The van der Waals surface area contributed by atoms with Crippen molar-refractivity contribution in [2.75, 3.05) is 12.3 Å². The van der Waals surface area contributed by atoms with Crippen molar-refractivity contribution in [3.8, 4) is 0 Å². The van der Waals surface area contributed by atoms with Gasteiger partial charge in [-0.1, -0.05) is 42.5 Å². The Hall–Kier alpha value is -3.02. The number of hydrogen-bond donors (Lipinski definition) is 1. The number of carbonyl (C=O) groups is 2. The molecule has 0 aliphatic carbocycles. The molecule has 0 aliphatic heterocycles. The van der Waals surface area contributed by atoms with Crippen LogP contribution in [-0.4, -0.2) is 29.2 Å². The first-order valence-electron chi connectivity index (χ1n) is 9.27. The van der Waals surface area contributed by atoms with Crippen LogP contribution in [0.1, 0.15) is 44.9 Å². The molecule has 0 radical (unpaired) electrons. The van der Waals surface area contributed by atoms with Crippen LogP contribution in [0.3, 0.4) is 0 Å². The molecule has 2 aromatic carbocycles. The molecule has 6 nitrogen and oxygen atoms in total. The molecule has 0 aromatic heterocycles. The summed E-state index contributed by atoms with van der Waals surface area (Å²) in [5, 5.41) is 0. The molecule has 2 rings (SSSR count). The highest BCUT2D eigenvalue weighted by atomic mass is 16.6. The Morgan fingerprint density at radius 3 is 2.32 bits per heavy atom. The van der Waals surface area contributed by atoms with Gasteiger partial charge in [0.15, 0.2) is 6.04 Å². The maximum atomic E-state index is 13.0. The first-order valence-corrected chi connectivity index (χ1v) is 9.27. The van der Waals surface area contributed by atoms with Gasteiger partial charge in [-0.3, -0.25) is 4.90 Å². The maximum Gasteiger partial charge on any atom is 0.411 e. The zero-order valence-corrected chi connectivity index (χ0v) is 16.8. The largest absolute Gasteiger partial charge is 0.464 e. The fourth-order valence-corrected chi connectivity index (χ4v) is 2.77. The van der Waals surface area contributed by atoms with Crippen molar-refractivity contribution in [3.05, 3.63) is 65.7 Å². The summed E-state index contributed by atoms with van der Waals surface area (Å²) in [6.07, 6.45) is -0.600. The van der Waals surface area contributed by atoms with E-state index in [1.54, 1.807) is 58.0 Å². The van der Waals surface area contributed by atoms with E-state index in [9.17, 15) is 9.59 Å². The van der Waals surface area contributed by atoms with Crippen molar-refractivity contribution < 1.29 is 19.1 Å². The average molecular weight is 384 g/mol. The van der Waals surface area contributed by atoms with Crippen LogP contribution in [0.2, 0.25) is 0 Å². The van der Waals surface area contributed by atoms with Gasteiger partial charge in [-0.2, -0.15) is 0 Å². The minimum Gasteiger partial charge on any atom is -0.464 e. The number of hydrogen-bond acceptors (Lipinski definition) is 5.